The highest BCUT2D eigenvalue weighted by molar-refractivity contribution is 7.89. The summed E-state index contributed by atoms with van der Waals surface area (Å²) in [6.45, 7) is 0.336. The summed E-state index contributed by atoms with van der Waals surface area (Å²) in [4.78, 5) is 25.3. The summed E-state index contributed by atoms with van der Waals surface area (Å²) in [5, 5.41) is 0. The summed E-state index contributed by atoms with van der Waals surface area (Å²) in [6, 6.07) is 8.66. The van der Waals surface area contributed by atoms with Crippen molar-refractivity contribution in [2.75, 3.05) is 41.0 Å². The van der Waals surface area contributed by atoms with E-state index in [1.54, 1.807) is 6.07 Å². The van der Waals surface area contributed by atoms with Crippen molar-refractivity contribution in [3.63, 3.8) is 0 Å². The molecule has 0 bridgehead atoms. The van der Waals surface area contributed by atoms with Crippen LogP contribution in [0.4, 0.5) is 0 Å². The third-order valence-electron chi connectivity index (χ3n) is 5.63. The van der Waals surface area contributed by atoms with Crippen LogP contribution in [0.1, 0.15) is 46.4 Å². The van der Waals surface area contributed by atoms with Crippen molar-refractivity contribution in [3.05, 3.63) is 47.5 Å². The number of Topliss-reactive ketones (excluding diaryl/α,β-unsaturated/α-hetero) is 1. The first kappa shape index (κ1) is 25.5. The molecule has 0 atom stereocenters. The number of carbonyl (C=O) groups excluding carboxylic acids is 2. The Morgan fingerprint density at radius 2 is 1.44 bits per heavy atom. The van der Waals surface area contributed by atoms with E-state index in [1.807, 2.05) is 0 Å². The van der Waals surface area contributed by atoms with Gasteiger partial charge in [0, 0.05) is 18.7 Å². The summed E-state index contributed by atoms with van der Waals surface area (Å²) < 4.78 is 48.5. The fourth-order valence-corrected chi connectivity index (χ4v) is 5.28. The number of ether oxygens (including phenoxy) is 4. The van der Waals surface area contributed by atoms with E-state index in [0.29, 0.717) is 24.6 Å². The summed E-state index contributed by atoms with van der Waals surface area (Å²) in [5.41, 5.74) is 0.202. The molecule has 0 amide bonds. The number of ketones is 1. The Kier molecular flexibility index (Phi) is 8.51. The van der Waals surface area contributed by atoms with Crippen molar-refractivity contribution in [1.29, 1.82) is 0 Å². The Bertz CT molecular complexity index is 1140. The molecule has 0 unspecified atom stereocenters. The van der Waals surface area contributed by atoms with E-state index in [0.717, 1.165) is 25.7 Å². The molecule has 1 heterocycles. The molecule has 10 heteroatoms. The fourth-order valence-electron chi connectivity index (χ4n) is 3.74. The van der Waals surface area contributed by atoms with Crippen LogP contribution in [0.2, 0.25) is 0 Å². The molecule has 184 valence electrons. The smallest absolute Gasteiger partial charge is 0.342 e. The molecule has 0 aromatic heterocycles. The number of carbonyl (C=O) groups is 2. The molecule has 3 rings (SSSR count). The minimum atomic E-state index is -3.78. The van der Waals surface area contributed by atoms with Gasteiger partial charge in [-0.1, -0.05) is 12.8 Å². The average Bonchev–Trinajstić information content (AvgIpc) is 3.16. The Labute approximate surface area is 199 Å². The molecule has 0 aliphatic carbocycles. The molecule has 1 aliphatic heterocycles. The minimum absolute atomic E-state index is 0.0200. The van der Waals surface area contributed by atoms with Gasteiger partial charge in [0.25, 0.3) is 0 Å². The van der Waals surface area contributed by atoms with E-state index >= 15 is 0 Å². The first-order valence-electron chi connectivity index (χ1n) is 10.9. The van der Waals surface area contributed by atoms with Crippen molar-refractivity contribution in [3.8, 4) is 17.2 Å². The summed E-state index contributed by atoms with van der Waals surface area (Å²) in [7, 11) is 0.519. The van der Waals surface area contributed by atoms with Gasteiger partial charge in [0.1, 0.15) is 11.3 Å². The first-order valence-corrected chi connectivity index (χ1v) is 12.4. The van der Waals surface area contributed by atoms with Crippen molar-refractivity contribution in [1.82, 2.24) is 4.31 Å². The highest BCUT2D eigenvalue weighted by Gasteiger charge is 2.27. The van der Waals surface area contributed by atoms with Crippen LogP contribution in [-0.2, 0) is 14.8 Å². The van der Waals surface area contributed by atoms with E-state index in [-0.39, 0.29) is 21.8 Å². The second-order valence-electron chi connectivity index (χ2n) is 7.75. The molecule has 9 nitrogen and oxygen atoms in total. The normalized spacial score (nSPS) is 14.7. The third kappa shape index (κ3) is 5.68. The maximum Gasteiger partial charge on any atom is 0.342 e. The zero-order chi connectivity index (χ0) is 24.7. The van der Waals surface area contributed by atoms with E-state index in [1.165, 1.54) is 56.0 Å². The summed E-state index contributed by atoms with van der Waals surface area (Å²) in [5.74, 6) is -0.338. The lowest BCUT2D eigenvalue weighted by Gasteiger charge is -2.20. The quantitative estimate of drug-likeness (QED) is 0.388. The number of benzene rings is 2. The SMILES string of the molecule is COc1ccc(C(=O)COC(=O)c2cc(S(=O)(=O)N3CCCCCC3)ccc2OC)cc1OC. The fraction of sp³-hybridized carbons (Fsp3) is 0.417. The molecule has 2 aromatic carbocycles. The van der Waals surface area contributed by atoms with Gasteiger partial charge in [-0.05, 0) is 49.2 Å². The number of hydrogen-bond acceptors (Lipinski definition) is 8. The van der Waals surface area contributed by atoms with Crippen molar-refractivity contribution in [2.45, 2.75) is 30.6 Å². The molecular formula is C24H29NO8S. The Morgan fingerprint density at radius 1 is 0.824 bits per heavy atom. The van der Waals surface area contributed by atoms with E-state index in [2.05, 4.69) is 0 Å². The van der Waals surface area contributed by atoms with Crippen LogP contribution < -0.4 is 14.2 Å². The van der Waals surface area contributed by atoms with Crippen molar-refractivity contribution < 1.29 is 37.0 Å². The number of nitrogens with zero attached hydrogens (tertiary/aromatic N) is 1. The van der Waals surface area contributed by atoms with Gasteiger partial charge < -0.3 is 18.9 Å². The van der Waals surface area contributed by atoms with E-state index in [4.69, 9.17) is 18.9 Å². The zero-order valence-electron chi connectivity index (χ0n) is 19.5. The van der Waals surface area contributed by atoms with Gasteiger partial charge in [-0.2, -0.15) is 4.31 Å². The number of hydrogen-bond donors (Lipinski definition) is 0. The second-order valence-corrected chi connectivity index (χ2v) is 9.69. The summed E-state index contributed by atoms with van der Waals surface area (Å²) in [6.07, 6.45) is 3.56. The van der Waals surface area contributed by atoms with E-state index in [9.17, 15) is 18.0 Å². The molecule has 0 spiro atoms. The molecule has 1 saturated heterocycles. The number of esters is 1. The lowest BCUT2D eigenvalue weighted by atomic mass is 10.1. The highest BCUT2D eigenvalue weighted by Crippen LogP contribution is 2.29. The van der Waals surface area contributed by atoms with Crippen LogP contribution >= 0.6 is 0 Å². The molecule has 1 aliphatic rings. The summed E-state index contributed by atoms with van der Waals surface area (Å²) >= 11 is 0. The van der Waals surface area contributed by atoms with Gasteiger partial charge in [-0.3, -0.25) is 4.79 Å². The van der Waals surface area contributed by atoms with Crippen LogP contribution in [-0.4, -0.2) is 65.5 Å². The number of methoxy groups -OCH3 is 3. The predicted octanol–water partition coefficient (Wildman–Crippen LogP) is 3.32. The molecular weight excluding hydrogens is 462 g/mol. The molecule has 0 radical (unpaired) electrons. The first-order chi connectivity index (χ1) is 16.3. The molecule has 1 fully saturated rings. The molecule has 2 aromatic rings. The van der Waals surface area contributed by atoms with Crippen LogP contribution in [0.25, 0.3) is 0 Å². The van der Waals surface area contributed by atoms with Gasteiger partial charge >= 0.3 is 5.97 Å². The molecule has 34 heavy (non-hydrogen) atoms. The van der Waals surface area contributed by atoms with Gasteiger partial charge in [0.15, 0.2) is 23.9 Å². The lowest BCUT2D eigenvalue weighted by molar-refractivity contribution is 0.0471. The van der Waals surface area contributed by atoms with Gasteiger partial charge in [0.2, 0.25) is 10.0 Å². The number of rotatable bonds is 9. The third-order valence-corrected chi connectivity index (χ3v) is 7.53. The monoisotopic (exact) mass is 491 g/mol. The van der Waals surface area contributed by atoms with Crippen LogP contribution in [0.5, 0.6) is 17.2 Å². The molecule has 0 saturated carbocycles. The van der Waals surface area contributed by atoms with Gasteiger partial charge in [0.05, 0.1) is 26.2 Å². The van der Waals surface area contributed by atoms with Gasteiger partial charge in [-0.25, -0.2) is 13.2 Å². The average molecular weight is 492 g/mol. The topological polar surface area (TPSA) is 108 Å². The second kappa shape index (κ2) is 11.3. The minimum Gasteiger partial charge on any atom is -0.496 e. The van der Waals surface area contributed by atoms with Crippen LogP contribution in [0, 0.1) is 0 Å². The van der Waals surface area contributed by atoms with Crippen LogP contribution in [0.3, 0.4) is 0 Å². The largest absolute Gasteiger partial charge is 0.496 e. The van der Waals surface area contributed by atoms with Crippen molar-refractivity contribution in [2.24, 2.45) is 0 Å². The van der Waals surface area contributed by atoms with E-state index < -0.39 is 28.4 Å². The zero-order valence-corrected chi connectivity index (χ0v) is 20.4. The maximum atomic E-state index is 13.1. The molecule has 0 N–H and O–H groups in total. The Morgan fingerprint density at radius 3 is 2.06 bits per heavy atom. The Balaban J connectivity index is 1.78. The standard InChI is InChI=1S/C24H29NO8S/c1-30-21-11-9-18(34(28,29)25-12-6-4-5-7-13-25)15-19(21)24(27)33-16-20(26)17-8-10-22(31-2)23(14-17)32-3/h8-11,14-15H,4-7,12-13,16H2,1-3H3. The van der Waals surface area contributed by atoms with Crippen LogP contribution in [0.15, 0.2) is 41.3 Å². The lowest BCUT2D eigenvalue weighted by Crippen LogP contribution is -2.32. The highest BCUT2D eigenvalue weighted by atomic mass is 32.2. The Hall–Kier alpha value is -3.11. The van der Waals surface area contributed by atoms with Crippen molar-refractivity contribution >= 4 is 21.8 Å². The van der Waals surface area contributed by atoms with Gasteiger partial charge in [-0.15, -0.1) is 0 Å². The number of sulfonamides is 1. The predicted molar refractivity (Wildman–Crippen MR) is 124 cm³/mol. The maximum absolute atomic E-state index is 13.1.